The molecule has 3 N–H and O–H groups in total. The number of carbonyl (C=O) groups is 3. The Labute approximate surface area is 123 Å². The lowest BCUT2D eigenvalue weighted by Gasteiger charge is -2.07. The van der Waals surface area contributed by atoms with Crippen LogP contribution in [0.3, 0.4) is 0 Å². The molecular weight excluding hydrogens is 276 g/mol. The lowest BCUT2D eigenvalue weighted by molar-refractivity contribution is -0.134. The minimum Gasteiger partial charge on any atom is -0.478 e. The zero-order valence-corrected chi connectivity index (χ0v) is 12.3. The van der Waals surface area contributed by atoms with E-state index in [0.29, 0.717) is 0 Å². The van der Waals surface area contributed by atoms with Crippen LogP contribution >= 0.6 is 0 Å². The van der Waals surface area contributed by atoms with Crippen molar-refractivity contribution in [1.29, 1.82) is 0 Å². The van der Waals surface area contributed by atoms with Crippen molar-refractivity contribution in [2.24, 2.45) is 0 Å². The van der Waals surface area contributed by atoms with Gasteiger partial charge in [0.05, 0.1) is 0 Å². The highest BCUT2D eigenvalue weighted by atomic mass is 16.4. The fourth-order valence-electron chi connectivity index (χ4n) is 1.70. The van der Waals surface area contributed by atoms with Crippen molar-refractivity contribution in [2.45, 2.75) is 40.0 Å². The predicted molar refractivity (Wildman–Crippen MR) is 77.0 cm³/mol. The minimum absolute atomic E-state index is 0.0191. The van der Waals surface area contributed by atoms with E-state index >= 15 is 0 Å². The number of hydrogen-bond acceptors (Lipinski definition) is 3. The van der Waals surface area contributed by atoms with Crippen molar-refractivity contribution in [1.82, 2.24) is 0 Å². The largest absolute Gasteiger partial charge is 0.478 e. The maximum atomic E-state index is 11.2. The molecule has 0 radical (unpaired) electrons. The van der Waals surface area contributed by atoms with E-state index in [1.807, 2.05) is 0 Å². The van der Waals surface area contributed by atoms with Gasteiger partial charge < -0.3 is 15.3 Å². The van der Waals surface area contributed by atoms with E-state index in [0.717, 1.165) is 0 Å². The molecule has 0 aromatic rings. The number of allylic oxidation sites excluding steroid dienone is 3. The van der Waals surface area contributed by atoms with Crippen molar-refractivity contribution < 1.29 is 29.7 Å². The van der Waals surface area contributed by atoms with Gasteiger partial charge in [0.2, 0.25) is 0 Å². The SMILES string of the molecule is CCC(=CC(C=C(CC)C(=O)O)=C(CC)C(=O)O)C(=O)O. The summed E-state index contributed by atoms with van der Waals surface area (Å²) in [6.45, 7) is 4.88. The molecular formula is C15H20O6. The van der Waals surface area contributed by atoms with E-state index in [9.17, 15) is 19.5 Å². The van der Waals surface area contributed by atoms with Gasteiger partial charge in [-0.25, -0.2) is 14.4 Å². The number of hydrogen-bond donors (Lipinski definition) is 3. The first-order valence-corrected chi connectivity index (χ1v) is 6.62. The second-order valence-corrected chi connectivity index (χ2v) is 4.25. The van der Waals surface area contributed by atoms with Crippen LogP contribution in [-0.2, 0) is 14.4 Å². The molecule has 0 spiro atoms. The summed E-state index contributed by atoms with van der Waals surface area (Å²) < 4.78 is 0. The molecule has 0 atom stereocenters. The van der Waals surface area contributed by atoms with Crippen LogP contribution in [-0.4, -0.2) is 33.2 Å². The van der Waals surface area contributed by atoms with Crippen LogP contribution in [0, 0.1) is 0 Å². The van der Waals surface area contributed by atoms with Crippen molar-refractivity contribution in [3.05, 3.63) is 34.4 Å². The quantitative estimate of drug-likeness (QED) is 0.469. The second-order valence-electron chi connectivity index (χ2n) is 4.25. The van der Waals surface area contributed by atoms with Gasteiger partial charge in [-0.15, -0.1) is 0 Å². The molecule has 116 valence electrons. The van der Waals surface area contributed by atoms with Gasteiger partial charge in [0.25, 0.3) is 0 Å². The molecule has 0 unspecified atom stereocenters. The fraction of sp³-hybridized carbons (Fsp3) is 0.400. The fourth-order valence-corrected chi connectivity index (χ4v) is 1.70. The van der Waals surface area contributed by atoms with Crippen LogP contribution in [0.2, 0.25) is 0 Å². The molecule has 0 saturated heterocycles. The molecule has 6 heteroatoms. The molecule has 0 heterocycles. The highest BCUT2D eigenvalue weighted by Crippen LogP contribution is 2.19. The normalized spacial score (nSPS) is 12.0. The highest BCUT2D eigenvalue weighted by molar-refractivity contribution is 5.93. The molecule has 21 heavy (non-hydrogen) atoms. The van der Waals surface area contributed by atoms with E-state index in [1.165, 1.54) is 12.2 Å². The summed E-state index contributed by atoms with van der Waals surface area (Å²) in [6.07, 6.45) is 3.03. The Balaban J connectivity index is 6.23. The summed E-state index contributed by atoms with van der Waals surface area (Å²) >= 11 is 0. The average Bonchev–Trinajstić information content (AvgIpc) is 2.40. The van der Waals surface area contributed by atoms with Crippen molar-refractivity contribution >= 4 is 17.9 Å². The van der Waals surface area contributed by atoms with Crippen LogP contribution in [0.5, 0.6) is 0 Å². The van der Waals surface area contributed by atoms with Crippen LogP contribution in [0.4, 0.5) is 0 Å². The van der Waals surface area contributed by atoms with Crippen LogP contribution in [0.25, 0.3) is 0 Å². The van der Waals surface area contributed by atoms with E-state index < -0.39 is 17.9 Å². The van der Waals surface area contributed by atoms with E-state index in [1.54, 1.807) is 20.8 Å². The first-order valence-electron chi connectivity index (χ1n) is 6.62. The summed E-state index contributed by atoms with van der Waals surface area (Å²) in [4.78, 5) is 33.4. The summed E-state index contributed by atoms with van der Waals surface area (Å²) in [6, 6.07) is 0. The smallest absolute Gasteiger partial charge is 0.332 e. The number of aliphatic carboxylic acids is 3. The molecule has 0 rings (SSSR count). The molecule has 6 nitrogen and oxygen atoms in total. The lowest BCUT2D eigenvalue weighted by atomic mass is 9.98. The third-order valence-corrected chi connectivity index (χ3v) is 2.93. The Morgan fingerprint density at radius 3 is 1.29 bits per heavy atom. The second kappa shape index (κ2) is 8.73. The zero-order chi connectivity index (χ0) is 16.6. The van der Waals surface area contributed by atoms with Gasteiger partial charge in [0.15, 0.2) is 0 Å². The lowest BCUT2D eigenvalue weighted by Crippen LogP contribution is -2.07. The van der Waals surface area contributed by atoms with Gasteiger partial charge in [-0.3, -0.25) is 0 Å². The Hall–Kier alpha value is -2.37. The molecule has 0 aliphatic carbocycles. The Morgan fingerprint density at radius 1 is 0.714 bits per heavy atom. The van der Waals surface area contributed by atoms with Gasteiger partial charge >= 0.3 is 17.9 Å². The van der Waals surface area contributed by atoms with Gasteiger partial charge in [-0.1, -0.05) is 20.8 Å². The summed E-state index contributed by atoms with van der Waals surface area (Å²) in [7, 11) is 0. The van der Waals surface area contributed by atoms with Gasteiger partial charge in [-0.05, 0) is 37.0 Å². The molecule has 0 bridgehead atoms. The third kappa shape index (κ3) is 5.64. The first-order chi connectivity index (χ1) is 9.78. The summed E-state index contributed by atoms with van der Waals surface area (Å²) in [5, 5.41) is 27.3. The standard InChI is InChI=1S/C15H20O6/c1-4-9(13(16)17)7-11(12(6-3)15(20)21)8-10(5-2)14(18)19/h7-8H,4-6H2,1-3H3,(H,16,17)(H,18,19)(H,20,21). The topological polar surface area (TPSA) is 112 Å². The Kier molecular flexibility index (Phi) is 7.75. The number of rotatable bonds is 8. The number of carboxylic acid groups (broad SMARTS) is 3. The van der Waals surface area contributed by atoms with Gasteiger partial charge in [-0.2, -0.15) is 0 Å². The molecule has 0 amide bonds. The molecule has 0 fully saturated rings. The van der Waals surface area contributed by atoms with Crippen molar-refractivity contribution in [2.75, 3.05) is 0 Å². The maximum Gasteiger partial charge on any atom is 0.332 e. The Morgan fingerprint density at radius 2 is 1.10 bits per heavy atom. The molecule has 0 aliphatic rings. The zero-order valence-electron chi connectivity index (χ0n) is 12.3. The highest BCUT2D eigenvalue weighted by Gasteiger charge is 2.14. The van der Waals surface area contributed by atoms with Crippen LogP contribution in [0.1, 0.15) is 40.0 Å². The number of carboxylic acids is 3. The minimum atomic E-state index is -1.19. The predicted octanol–water partition coefficient (Wildman–Crippen LogP) is 2.62. The maximum absolute atomic E-state index is 11.2. The molecule has 0 aromatic carbocycles. The summed E-state index contributed by atoms with van der Waals surface area (Å²) in [5.74, 6) is -3.50. The van der Waals surface area contributed by atoms with Crippen molar-refractivity contribution in [3.8, 4) is 0 Å². The average molecular weight is 296 g/mol. The monoisotopic (exact) mass is 296 g/mol. The van der Waals surface area contributed by atoms with E-state index in [-0.39, 0.29) is 41.6 Å². The van der Waals surface area contributed by atoms with E-state index in [4.69, 9.17) is 10.2 Å². The molecule has 0 aliphatic heterocycles. The van der Waals surface area contributed by atoms with E-state index in [2.05, 4.69) is 0 Å². The Bertz CT molecular complexity index is 488. The molecule has 0 aromatic heterocycles. The van der Waals surface area contributed by atoms with Crippen LogP contribution in [0.15, 0.2) is 34.4 Å². The third-order valence-electron chi connectivity index (χ3n) is 2.93. The van der Waals surface area contributed by atoms with Crippen molar-refractivity contribution in [3.63, 3.8) is 0 Å². The van der Waals surface area contributed by atoms with Crippen LogP contribution < -0.4 is 0 Å². The molecule has 0 saturated carbocycles. The van der Waals surface area contributed by atoms with Gasteiger partial charge in [0.1, 0.15) is 0 Å². The van der Waals surface area contributed by atoms with Gasteiger partial charge in [0, 0.05) is 16.7 Å². The summed E-state index contributed by atoms with van der Waals surface area (Å²) in [5.41, 5.74) is 0.140. The first kappa shape index (κ1) is 18.6.